The summed E-state index contributed by atoms with van der Waals surface area (Å²) in [5.41, 5.74) is 1.27. The number of nitrogens with zero attached hydrogens (tertiary/aromatic N) is 2. The molecule has 3 nitrogen and oxygen atoms in total. The average Bonchev–Trinajstić information content (AvgIpc) is 2.75. The zero-order chi connectivity index (χ0) is 13.2. The number of hydrogen-bond acceptors (Lipinski definition) is 4. The van der Waals surface area contributed by atoms with Gasteiger partial charge in [0.05, 0.1) is 6.54 Å². The van der Waals surface area contributed by atoms with Crippen molar-refractivity contribution in [2.24, 2.45) is 0 Å². The minimum absolute atomic E-state index is 0.104. The lowest BCUT2D eigenvalue weighted by molar-refractivity contribution is 0.423. The first-order valence-electron chi connectivity index (χ1n) is 5.78. The molecule has 0 aliphatic rings. The van der Waals surface area contributed by atoms with E-state index in [9.17, 15) is 0 Å². The van der Waals surface area contributed by atoms with E-state index in [0.717, 1.165) is 22.1 Å². The van der Waals surface area contributed by atoms with Gasteiger partial charge in [0.1, 0.15) is 10.0 Å². The van der Waals surface area contributed by atoms with Crippen molar-refractivity contribution in [3.8, 4) is 10.6 Å². The summed E-state index contributed by atoms with van der Waals surface area (Å²) in [7, 11) is 0. The standard InChI is InChI=1S/C13H16IN3S/c1-13(2,3)15-8-11-16-17-12(18-11)9-6-4-5-7-10(9)14/h4-7,15H,8H2,1-3H3. The van der Waals surface area contributed by atoms with Gasteiger partial charge in [0.2, 0.25) is 0 Å². The normalized spacial score (nSPS) is 11.8. The van der Waals surface area contributed by atoms with Crippen LogP contribution < -0.4 is 5.32 Å². The van der Waals surface area contributed by atoms with Crippen LogP contribution in [0.5, 0.6) is 0 Å². The number of rotatable bonds is 3. The highest BCUT2D eigenvalue weighted by atomic mass is 127. The van der Waals surface area contributed by atoms with Gasteiger partial charge in [-0.05, 0) is 49.4 Å². The van der Waals surface area contributed by atoms with Crippen LogP contribution in [0.1, 0.15) is 25.8 Å². The van der Waals surface area contributed by atoms with E-state index in [1.165, 1.54) is 3.57 Å². The Kier molecular flexibility index (Phi) is 4.34. The number of nitrogens with one attached hydrogen (secondary N) is 1. The largest absolute Gasteiger partial charge is 0.306 e. The van der Waals surface area contributed by atoms with Crippen molar-refractivity contribution in [2.75, 3.05) is 0 Å². The first kappa shape index (κ1) is 13.9. The fourth-order valence-corrected chi connectivity index (χ4v) is 3.05. The van der Waals surface area contributed by atoms with Crippen LogP contribution in [0, 0.1) is 3.57 Å². The fourth-order valence-electron chi connectivity index (χ4n) is 1.41. The van der Waals surface area contributed by atoms with Crippen molar-refractivity contribution in [3.63, 3.8) is 0 Å². The van der Waals surface area contributed by atoms with Gasteiger partial charge < -0.3 is 5.32 Å². The third kappa shape index (κ3) is 3.73. The van der Waals surface area contributed by atoms with E-state index in [4.69, 9.17) is 0 Å². The van der Waals surface area contributed by atoms with E-state index < -0.39 is 0 Å². The molecular weight excluding hydrogens is 357 g/mol. The van der Waals surface area contributed by atoms with E-state index in [-0.39, 0.29) is 5.54 Å². The van der Waals surface area contributed by atoms with Crippen molar-refractivity contribution in [3.05, 3.63) is 32.8 Å². The van der Waals surface area contributed by atoms with Crippen LogP contribution in [0.25, 0.3) is 10.6 Å². The summed E-state index contributed by atoms with van der Waals surface area (Å²) in [5.74, 6) is 0. The van der Waals surface area contributed by atoms with E-state index in [0.29, 0.717) is 0 Å². The van der Waals surface area contributed by atoms with Crippen LogP contribution in [-0.4, -0.2) is 15.7 Å². The Balaban J connectivity index is 2.14. The molecule has 0 spiro atoms. The lowest BCUT2D eigenvalue weighted by Crippen LogP contribution is -2.35. The number of halogens is 1. The molecule has 18 heavy (non-hydrogen) atoms. The van der Waals surface area contributed by atoms with Crippen molar-refractivity contribution in [1.29, 1.82) is 0 Å². The van der Waals surface area contributed by atoms with Crippen molar-refractivity contribution in [2.45, 2.75) is 32.9 Å². The molecule has 0 unspecified atom stereocenters. The van der Waals surface area contributed by atoms with Crippen molar-refractivity contribution in [1.82, 2.24) is 15.5 Å². The van der Waals surface area contributed by atoms with Gasteiger partial charge in [0.15, 0.2) is 0 Å². The predicted molar refractivity (Wildman–Crippen MR) is 84.7 cm³/mol. The molecular formula is C13H16IN3S. The first-order chi connectivity index (χ1) is 8.46. The minimum atomic E-state index is 0.104. The Morgan fingerprint density at radius 1 is 1.22 bits per heavy atom. The maximum Gasteiger partial charge on any atom is 0.148 e. The summed E-state index contributed by atoms with van der Waals surface area (Å²) in [6, 6.07) is 8.24. The van der Waals surface area contributed by atoms with Crippen LogP contribution in [0.15, 0.2) is 24.3 Å². The van der Waals surface area contributed by atoms with Crippen LogP contribution in [0.3, 0.4) is 0 Å². The Bertz CT molecular complexity index is 531. The second-order valence-corrected chi connectivity index (χ2v) is 7.31. The molecule has 0 radical (unpaired) electrons. The van der Waals surface area contributed by atoms with Crippen molar-refractivity contribution >= 4 is 33.9 Å². The average molecular weight is 373 g/mol. The van der Waals surface area contributed by atoms with Crippen LogP contribution in [0.2, 0.25) is 0 Å². The summed E-state index contributed by atoms with van der Waals surface area (Å²) < 4.78 is 1.21. The molecule has 2 rings (SSSR count). The van der Waals surface area contributed by atoms with E-state index >= 15 is 0 Å². The molecule has 2 aromatic rings. The Labute approximate surface area is 125 Å². The molecule has 0 atom stereocenters. The van der Waals surface area contributed by atoms with Crippen LogP contribution >= 0.6 is 33.9 Å². The highest BCUT2D eigenvalue weighted by molar-refractivity contribution is 14.1. The van der Waals surface area contributed by atoms with Crippen LogP contribution in [0.4, 0.5) is 0 Å². The highest BCUT2D eigenvalue weighted by Crippen LogP contribution is 2.27. The molecule has 1 aromatic heterocycles. The number of benzene rings is 1. The molecule has 1 N–H and O–H groups in total. The lowest BCUT2D eigenvalue weighted by Gasteiger charge is -2.19. The molecule has 96 valence electrons. The zero-order valence-corrected chi connectivity index (χ0v) is 13.7. The third-order valence-electron chi connectivity index (χ3n) is 2.34. The summed E-state index contributed by atoms with van der Waals surface area (Å²) >= 11 is 3.98. The van der Waals surface area contributed by atoms with E-state index in [1.807, 2.05) is 12.1 Å². The summed E-state index contributed by atoms with van der Waals surface area (Å²) in [4.78, 5) is 0. The molecule has 1 aromatic carbocycles. The molecule has 1 heterocycles. The summed E-state index contributed by atoms with van der Waals surface area (Å²) in [5, 5.41) is 14.0. The van der Waals surface area contributed by atoms with Gasteiger partial charge in [-0.15, -0.1) is 10.2 Å². The van der Waals surface area contributed by atoms with Gasteiger partial charge in [-0.3, -0.25) is 0 Å². The highest BCUT2D eigenvalue weighted by Gasteiger charge is 2.12. The topological polar surface area (TPSA) is 37.8 Å². The minimum Gasteiger partial charge on any atom is -0.306 e. The first-order valence-corrected chi connectivity index (χ1v) is 7.67. The molecule has 0 saturated heterocycles. The second kappa shape index (κ2) is 5.63. The van der Waals surface area contributed by atoms with E-state index in [1.54, 1.807) is 11.3 Å². The fraction of sp³-hybridized carbons (Fsp3) is 0.385. The van der Waals surface area contributed by atoms with Gasteiger partial charge in [0.25, 0.3) is 0 Å². The van der Waals surface area contributed by atoms with Gasteiger partial charge in [-0.1, -0.05) is 29.5 Å². The molecule has 0 saturated carbocycles. The third-order valence-corrected chi connectivity index (χ3v) is 4.24. The second-order valence-electron chi connectivity index (χ2n) is 5.08. The van der Waals surface area contributed by atoms with Crippen molar-refractivity contribution < 1.29 is 0 Å². The predicted octanol–water partition coefficient (Wildman–Crippen LogP) is 3.70. The zero-order valence-electron chi connectivity index (χ0n) is 10.7. The Hall–Kier alpha value is -0.530. The van der Waals surface area contributed by atoms with Gasteiger partial charge in [-0.25, -0.2) is 0 Å². The Morgan fingerprint density at radius 3 is 2.61 bits per heavy atom. The van der Waals surface area contributed by atoms with Crippen LogP contribution in [-0.2, 0) is 6.54 Å². The maximum atomic E-state index is 4.27. The smallest absolute Gasteiger partial charge is 0.148 e. The molecule has 0 bridgehead atoms. The lowest BCUT2D eigenvalue weighted by atomic mass is 10.1. The summed E-state index contributed by atoms with van der Waals surface area (Å²) in [6.45, 7) is 7.21. The van der Waals surface area contributed by atoms with Gasteiger partial charge in [0, 0.05) is 14.7 Å². The molecule has 0 fully saturated rings. The molecule has 0 aliphatic heterocycles. The quantitative estimate of drug-likeness (QED) is 0.834. The molecule has 0 aliphatic carbocycles. The molecule has 5 heteroatoms. The van der Waals surface area contributed by atoms with Gasteiger partial charge >= 0.3 is 0 Å². The van der Waals surface area contributed by atoms with Gasteiger partial charge in [-0.2, -0.15) is 0 Å². The summed E-state index contributed by atoms with van der Waals surface area (Å²) in [6.07, 6.45) is 0. The Morgan fingerprint density at radius 2 is 1.94 bits per heavy atom. The number of hydrogen-bond donors (Lipinski definition) is 1. The van der Waals surface area contributed by atoms with E-state index in [2.05, 4.69) is 71.0 Å². The maximum absolute atomic E-state index is 4.27. The monoisotopic (exact) mass is 373 g/mol. The molecule has 0 amide bonds. The SMILES string of the molecule is CC(C)(C)NCc1nnc(-c2ccccc2I)s1. The number of aromatic nitrogens is 2.